The molecule has 7 atom stereocenters. The van der Waals surface area contributed by atoms with Crippen LogP contribution < -0.4 is 0 Å². The summed E-state index contributed by atoms with van der Waals surface area (Å²) in [7, 11) is 0. The molecule has 0 aliphatic heterocycles. The summed E-state index contributed by atoms with van der Waals surface area (Å²) in [6, 6.07) is 0. The van der Waals surface area contributed by atoms with E-state index in [9.17, 15) is 14.7 Å². The number of hydrogen-bond donors (Lipinski definition) is 1. The van der Waals surface area contributed by atoms with E-state index in [1.54, 1.807) is 19.1 Å². The van der Waals surface area contributed by atoms with Crippen LogP contribution in [0.1, 0.15) is 52.9 Å². The van der Waals surface area contributed by atoms with Gasteiger partial charge in [0.25, 0.3) is 0 Å². The van der Waals surface area contributed by atoms with Crippen LogP contribution >= 0.6 is 0 Å². The van der Waals surface area contributed by atoms with Crippen LogP contribution in [0.3, 0.4) is 0 Å². The van der Waals surface area contributed by atoms with Crippen LogP contribution in [0.2, 0.25) is 0 Å². The Morgan fingerprint density at radius 3 is 2.67 bits per heavy atom. The first kappa shape index (κ1) is 16.3. The minimum Gasteiger partial charge on any atom is -0.389 e. The highest BCUT2D eigenvalue weighted by Gasteiger charge is 2.62. The first-order valence-corrected chi connectivity index (χ1v) is 9.42. The molecule has 0 heterocycles. The number of hydrogen-bond acceptors (Lipinski definition) is 3. The third-order valence-electron chi connectivity index (χ3n) is 8.16. The molecule has 3 heteroatoms. The lowest BCUT2D eigenvalue weighted by Gasteiger charge is -2.57. The van der Waals surface area contributed by atoms with E-state index >= 15 is 0 Å². The molecular weight excluding hydrogens is 300 g/mol. The normalized spacial score (nSPS) is 49.9. The van der Waals surface area contributed by atoms with Gasteiger partial charge in [-0.05, 0) is 80.8 Å². The van der Waals surface area contributed by atoms with Crippen molar-refractivity contribution < 1.29 is 14.7 Å². The van der Waals surface area contributed by atoms with Crippen molar-refractivity contribution in [3.63, 3.8) is 0 Å². The Balaban J connectivity index is 1.74. The maximum Gasteiger partial charge on any atom is 0.165 e. The Morgan fingerprint density at radius 1 is 1.21 bits per heavy atom. The van der Waals surface area contributed by atoms with Crippen molar-refractivity contribution in [3.8, 4) is 0 Å². The summed E-state index contributed by atoms with van der Waals surface area (Å²) < 4.78 is 0. The maximum absolute atomic E-state index is 12.8. The number of allylic oxidation sites excluding steroid dienone is 3. The van der Waals surface area contributed by atoms with Crippen molar-refractivity contribution in [2.45, 2.75) is 59.0 Å². The van der Waals surface area contributed by atoms with Gasteiger partial charge in [0.1, 0.15) is 5.78 Å². The molecular formula is C21H28O3. The molecule has 0 bridgehead atoms. The largest absolute Gasteiger partial charge is 0.389 e. The van der Waals surface area contributed by atoms with E-state index in [0.29, 0.717) is 23.5 Å². The van der Waals surface area contributed by atoms with Crippen LogP contribution in [0, 0.1) is 34.5 Å². The number of ketones is 2. The van der Waals surface area contributed by atoms with Gasteiger partial charge in [0.15, 0.2) is 5.78 Å². The average Bonchev–Trinajstić information content (AvgIpc) is 2.87. The van der Waals surface area contributed by atoms with Crippen molar-refractivity contribution >= 4 is 11.6 Å². The summed E-state index contributed by atoms with van der Waals surface area (Å²) in [6.45, 7) is 6.07. The number of fused-ring (bicyclic) bond motifs is 5. The van der Waals surface area contributed by atoms with Gasteiger partial charge in [-0.3, -0.25) is 9.59 Å². The van der Waals surface area contributed by atoms with E-state index in [2.05, 4.69) is 6.92 Å². The number of rotatable bonds is 1. The third-order valence-corrected chi connectivity index (χ3v) is 8.16. The molecule has 0 aromatic carbocycles. The SMILES string of the molecule is CC(=O)[C@H]1CC[C@H]2[C@@H]3C[C@H](O)C4=CC=CC(=O)[C@]4(C)[C@H]3CC[C@]12C. The predicted octanol–water partition coefficient (Wildman–Crippen LogP) is 3.47. The van der Waals surface area contributed by atoms with Gasteiger partial charge in [-0.1, -0.05) is 19.1 Å². The molecule has 0 aromatic heterocycles. The standard InChI is InChI=1S/C21H28O3/c1-12(22)14-7-8-15-13-11-18(23)17-5-4-6-19(24)21(17,3)16(13)9-10-20(14,15)2/h4-6,13-16,18,23H,7-11H2,1-3H3/t13-,14+,15-,16-,18-,20+,21+/m0/s1. The van der Waals surface area contributed by atoms with Crippen LogP contribution in [0.15, 0.2) is 23.8 Å². The Bertz CT molecular complexity index is 660. The van der Waals surface area contributed by atoms with Gasteiger partial charge < -0.3 is 5.11 Å². The third kappa shape index (κ3) is 1.88. The highest BCUT2D eigenvalue weighted by atomic mass is 16.3. The second-order valence-electron chi connectivity index (χ2n) is 8.96. The summed E-state index contributed by atoms with van der Waals surface area (Å²) in [5.74, 6) is 1.73. The van der Waals surface area contributed by atoms with Crippen molar-refractivity contribution in [2.24, 2.45) is 34.5 Å². The molecule has 4 aliphatic rings. The zero-order valence-electron chi connectivity index (χ0n) is 14.9. The molecule has 4 rings (SSSR count). The number of carbonyl (C=O) groups is 2. The number of aliphatic hydroxyl groups is 1. The van der Waals surface area contributed by atoms with Gasteiger partial charge in [0.05, 0.1) is 11.5 Å². The van der Waals surface area contributed by atoms with Crippen LogP contribution in [0.4, 0.5) is 0 Å². The van der Waals surface area contributed by atoms with E-state index in [1.165, 1.54) is 0 Å². The van der Waals surface area contributed by atoms with E-state index in [1.807, 2.05) is 13.0 Å². The van der Waals surface area contributed by atoms with Crippen LogP contribution in [0.25, 0.3) is 0 Å². The van der Waals surface area contributed by atoms with E-state index in [-0.39, 0.29) is 17.1 Å². The lowest BCUT2D eigenvalue weighted by Crippen LogP contribution is -2.56. The molecule has 3 fully saturated rings. The fourth-order valence-electron chi connectivity index (χ4n) is 6.97. The Morgan fingerprint density at radius 2 is 1.96 bits per heavy atom. The smallest absolute Gasteiger partial charge is 0.165 e. The molecule has 4 aliphatic carbocycles. The number of carbonyl (C=O) groups excluding carboxylic acids is 2. The minimum absolute atomic E-state index is 0.0534. The van der Waals surface area contributed by atoms with E-state index in [0.717, 1.165) is 37.7 Å². The topological polar surface area (TPSA) is 54.4 Å². The summed E-state index contributed by atoms with van der Waals surface area (Å²) in [4.78, 5) is 25.0. The fourth-order valence-corrected chi connectivity index (χ4v) is 6.97. The molecule has 3 saturated carbocycles. The second kappa shape index (κ2) is 5.14. The molecule has 0 saturated heterocycles. The zero-order chi connectivity index (χ0) is 17.3. The summed E-state index contributed by atoms with van der Waals surface area (Å²) in [5.41, 5.74) is 0.422. The molecule has 0 unspecified atom stereocenters. The molecule has 1 N–H and O–H groups in total. The molecule has 0 spiro atoms. The lowest BCUT2D eigenvalue weighted by molar-refractivity contribution is -0.139. The molecule has 130 valence electrons. The zero-order valence-corrected chi connectivity index (χ0v) is 14.9. The first-order chi connectivity index (χ1) is 11.3. The van der Waals surface area contributed by atoms with Gasteiger partial charge in [-0.2, -0.15) is 0 Å². The second-order valence-corrected chi connectivity index (χ2v) is 8.96. The highest BCUT2D eigenvalue weighted by Crippen LogP contribution is 2.65. The Hall–Kier alpha value is -1.22. The van der Waals surface area contributed by atoms with E-state index in [4.69, 9.17) is 0 Å². The van der Waals surface area contributed by atoms with Crippen molar-refractivity contribution in [1.82, 2.24) is 0 Å². The monoisotopic (exact) mass is 328 g/mol. The average molecular weight is 328 g/mol. The van der Waals surface area contributed by atoms with Gasteiger partial charge in [0, 0.05) is 5.92 Å². The van der Waals surface area contributed by atoms with Crippen molar-refractivity contribution in [1.29, 1.82) is 0 Å². The van der Waals surface area contributed by atoms with Gasteiger partial charge in [-0.25, -0.2) is 0 Å². The lowest BCUT2D eigenvalue weighted by atomic mass is 9.46. The van der Waals surface area contributed by atoms with Crippen LogP contribution in [0.5, 0.6) is 0 Å². The van der Waals surface area contributed by atoms with Crippen LogP contribution in [-0.2, 0) is 9.59 Å². The molecule has 24 heavy (non-hydrogen) atoms. The summed E-state index contributed by atoms with van der Waals surface area (Å²) >= 11 is 0. The van der Waals surface area contributed by atoms with Gasteiger partial charge in [-0.15, -0.1) is 0 Å². The quantitative estimate of drug-likeness (QED) is 0.802. The number of aliphatic hydroxyl groups excluding tert-OH is 1. The Labute approximate surface area is 144 Å². The van der Waals surface area contributed by atoms with E-state index < -0.39 is 11.5 Å². The maximum atomic E-state index is 12.8. The summed E-state index contributed by atoms with van der Waals surface area (Å²) in [6.07, 6.45) is 9.71. The molecule has 3 nitrogen and oxygen atoms in total. The van der Waals surface area contributed by atoms with Crippen LogP contribution in [-0.4, -0.2) is 22.8 Å². The van der Waals surface area contributed by atoms with Gasteiger partial charge in [0.2, 0.25) is 0 Å². The molecule has 0 radical (unpaired) electrons. The van der Waals surface area contributed by atoms with Crippen molar-refractivity contribution in [3.05, 3.63) is 23.8 Å². The number of Topliss-reactive ketones (excluding diaryl/α,β-unsaturated/α-hetero) is 1. The molecule has 0 aromatic rings. The first-order valence-electron chi connectivity index (χ1n) is 9.42. The Kier molecular flexibility index (Phi) is 3.48. The predicted molar refractivity (Wildman–Crippen MR) is 92.2 cm³/mol. The summed E-state index contributed by atoms with van der Waals surface area (Å²) in [5, 5.41) is 10.8. The highest BCUT2D eigenvalue weighted by molar-refractivity contribution is 5.99. The minimum atomic E-state index is -0.549. The van der Waals surface area contributed by atoms with Crippen molar-refractivity contribution in [2.75, 3.05) is 0 Å². The van der Waals surface area contributed by atoms with Gasteiger partial charge >= 0.3 is 0 Å². The molecule has 0 amide bonds. The fraction of sp³-hybridized carbons (Fsp3) is 0.714.